The van der Waals surface area contributed by atoms with Gasteiger partial charge in [-0.15, -0.1) is 0 Å². The maximum absolute atomic E-state index is 14.6. The molecule has 0 radical (unpaired) electrons. The highest BCUT2D eigenvalue weighted by Crippen LogP contribution is 2.36. The molecule has 0 saturated carbocycles. The summed E-state index contributed by atoms with van der Waals surface area (Å²) in [7, 11) is -0.869. The van der Waals surface area contributed by atoms with Crippen LogP contribution < -0.4 is 19.5 Å². The molecule has 0 atom stereocenters. The van der Waals surface area contributed by atoms with Gasteiger partial charge >= 0.3 is 0 Å². The van der Waals surface area contributed by atoms with Crippen LogP contribution in [0.3, 0.4) is 0 Å². The van der Waals surface area contributed by atoms with Crippen LogP contribution in [0.25, 0.3) is 16.6 Å². The Morgan fingerprint density at radius 1 is 0.841 bits per heavy atom. The smallest absolute Gasteiger partial charge is 0.247 e. The summed E-state index contributed by atoms with van der Waals surface area (Å²) in [5.41, 5.74) is 4.44. The molecule has 0 unspecified atom stereocenters. The summed E-state index contributed by atoms with van der Waals surface area (Å²) in [5, 5.41) is 4.19. The van der Waals surface area contributed by atoms with E-state index >= 15 is 0 Å². The van der Waals surface area contributed by atoms with E-state index in [9.17, 15) is 8.42 Å². The fourth-order valence-electron chi connectivity index (χ4n) is 5.22. The molecule has 9 nitrogen and oxygen atoms in total. The average Bonchev–Trinajstić information content (AvgIpc) is 3.53. The molecule has 226 valence electrons. The second kappa shape index (κ2) is 12.9. The number of methoxy groups -OCH3 is 2. The van der Waals surface area contributed by atoms with Crippen molar-refractivity contribution in [1.29, 1.82) is 0 Å². The quantitative estimate of drug-likeness (QED) is 0.185. The normalized spacial score (nSPS) is 13.6. The number of rotatable bonds is 11. The van der Waals surface area contributed by atoms with Crippen molar-refractivity contribution in [3.8, 4) is 23.0 Å². The molecule has 0 aliphatic carbocycles. The number of sulfonamides is 1. The number of fused-ring (bicyclic) bond motifs is 1. The van der Waals surface area contributed by atoms with Crippen LogP contribution in [0.5, 0.6) is 23.0 Å². The Balaban J connectivity index is 1.42. The van der Waals surface area contributed by atoms with Gasteiger partial charge in [-0.25, -0.2) is 13.4 Å². The first-order valence-electron chi connectivity index (χ1n) is 14.3. The third kappa shape index (κ3) is 6.47. The van der Waals surface area contributed by atoms with Crippen LogP contribution in [0.1, 0.15) is 23.1 Å². The number of hydrogen-bond donors (Lipinski definition) is 2. The van der Waals surface area contributed by atoms with Crippen molar-refractivity contribution in [2.75, 3.05) is 27.3 Å². The Bertz CT molecular complexity index is 1830. The van der Waals surface area contributed by atoms with Crippen LogP contribution in [0, 0.1) is 0 Å². The van der Waals surface area contributed by atoms with Crippen molar-refractivity contribution >= 4 is 26.6 Å². The Hall–Kier alpha value is -4.64. The zero-order valence-electron chi connectivity index (χ0n) is 24.6. The second-order valence-electron chi connectivity index (χ2n) is 10.5. The van der Waals surface area contributed by atoms with Gasteiger partial charge in [0.25, 0.3) is 0 Å². The standard InChI is InChI=1S/C34H34N4O5S/c1-41-29-8-3-24(4-9-29)22-38(23-25-5-10-30(42-2)11-6-25)44(39,40)33-12-7-27(26-13-16-35-17-14-26)20-32(33)43-31-19-28-15-18-36-34(28)37-21-31/h3-13,15,18-21,35H,14,16-17,22-23H2,1-2H3,(H,36,37). The van der Waals surface area contributed by atoms with Gasteiger partial charge in [0.15, 0.2) is 0 Å². The Kier molecular flexibility index (Phi) is 8.65. The van der Waals surface area contributed by atoms with Crippen LogP contribution in [0.4, 0.5) is 0 Å². The Labute approximate surface area is 257 Å². The number of hydrogen-bond acceptors (Lipinski definition) is 7. The fourth-order valence-corrected chi connectivity index (χ4v) is 6.73. The molecular weight excluding hydrogens is 576 g/mol. The van der Waals surface area contributed by atoms with Gasteiger partial charge in [-0.05, 0) is 83.8 Å². The number of aromatic amines is 1. The maximum Gasteiger partial charge on any atom is 0.247 e. The van der Waals surface area contributed by atoms with Crippen LogP contribution in [-0.4, -0.2) is 50.0 Å². The third-order valence-electron chi connectivity index (χ3n) is 7.64. The molecule has 2 N–H and O–H groups in total. The number of nitrogens with zero attached hydrogens (tertiary/aromatic N) is 2. The van der Waals surface area contributed by atoms with E-state index in [-0.39, 0.29) is 23.7 Å². The van der Waals surface area contributed by atoms with E-state index in [1.807, 2.05) is 72.8 Å². The zero-order chi connectivity index (χ0) is 30.5. The maximum atomic E-state index is 14.6. The summed E-state index contributed by atoms with van der Waals surface area (Å²) in [4.78, 5) is 7.59. The minimum Gasteiger partial charge on any atom is -0.497 e. The molecule has 3 heterocycles. The van der Waals surface area contributed by atoms with E-state index in [1.165, 1.54) is 4.31 Å². The van der Waals surface area contributed by atoms with Crippen molar-refractivity contribution < 1.29 is 22.6 Å². The fraction of sp³-hybridized carbons (Fsp3) is 0.206. The first kappa shape index (κ1) is 29.4. The Morgan fingerprint density at radius 2 is 1.52 bits per heavy atom. The van der Waals surface area contributed by atoms with Gasteiger partial charge in [-0.3, -0.25) is 0 Å². The number of benzene rings is 3. The molecule has 0 bridgehead atoms. The number of H-pyrrole nitrogens is 1. The monoisotopic (exact) mass is 610 g/mol. The summed E-state index contributed by atoms with van der Waals surface area (Å²) < 4.78 is 47.7. The SMILES string of the molecule is COc1ccc(CN(Cc2ccc(OC)cc2)S(=O)(=O)c2ccc(C3=CCNCC3)cc2Oc2cnc3[nH]ccc3c2)cc1. The van der Waals surface area contributed by atoms with E-state index in [4.69, 9.17) is 14.2 Å². The number of ether oxygens (including phenoxy) is 3. The highest BCUT2D eigenvalue weighted by Gasteiger charge is 2.29. The highest BCUT2D eigenvalue weighted by atomic mass is 32.2. The van der Waals surface area contributed by atoms with Crippen molar-refractivity contribution in [2.24, 2.45) is 0 Å². The summed E-state index contributed by atoms with van der Waals surface area (Å²) in [6.45, 7) is 1.91. The van der Waals surface area contributed by atoms with Crippen LogP contribution in [0.2, 0.25) is 0 Å². The molecule has 3 aromatic carbocycles. The van der Waals surface area contributed by atoms with Gasteiger partial charge in [-0.1, -0.05) is 36.4 Å². The van der Waals surface area contributed by atoms with E-state index in [2.05, 4.69) is 21.4 Å². The molecule has 5 aromatic rings. The largest absolute Gasteiger partial charge is 0.497 e. The van der Waals surface area contributed by atoms with E-state index in [1.54, 1.807) is 32.7 Å². The summed E-state index contributed by atoms with van der Waals surface area (Å²) in [6.07, 6.45) is 6.36. The van der Waals surface area contributed by atoms with Gasteiger partial charge in [0.1, 0.15) is 33.5 Å². The molecule has 0 saturated heterocycles. The molecule has 0 spiro atoms. The minimum absolute atomic E-state index is 0.0759. The minimum atomic E-state index is -4.07. The van der Waals surface area contributed by atoms with Crippen molar-refractivity contribution in [1.82, 2.24) is 19.6 Å². The summed E-state index contributed by atoms with van der Waals surface area (Å²) in [5.74, 6) is 2.09. The molecule has 10 heteroatoms. The first-order chi connectivity index (χ1) is 21.4. The van der Waals surface area contributed by atoms with Gasteiger partial charge in [0.2, 0.25) is 10.0 Å². The first-order valence-corrected chi connectivity index (χ1v) is 15.8. The lowest BCUT2D eigenvalue weighted by Crippen LogP contribution is -2.30. The number of aromatic nitrogens is 2. The highest BCUT2D eigenvalue weighted by molar-refractivity contribution is 7.89. The van der Waals surface area contributed by atoms with E-state index in [0.717, 1.165) is 52.8 Å². The van der Waals surface area contributed by atoms with Crippen molar-refractivity contribution in [2.45, 2.75) is 24.4 Å². The Morgan fingerprint density at radius 3 is 2.14 bits per heavy atom. The lowest BCUT2D eigenvalue weighted by atomic mass is 10.0. The number of nitrogens with one attached hydrogen (secondary N) is 2. The molecule has 44 heavy (non-hydrogen) atoms. The van der Waals surface area contributed by atoms with Crippen molar-refractivity contribution in [3.05, 3.63) is 114 Å². The third-order valence-corrected chi connectivity index (χ3v) is 9.47. The molecular formula is C34H34N4O5S. The van der Waals surface area contributed by atoms with Crippen molar-refractivity contribution in [3.63, 3.8) is 0 Å². The molecule has 1 aliphatic heterocycles. The van der Waals surface area contributed by atoms with Gasteiger partial charge in [-0.2, -0.15) is 4.31 Å². The van der Waals surface area contributed by atoms with Gasteiger partial charge < -0.3 is 24.5 Å². The molecule has 0 amide bonds. The zero-order valence-corrected chi connectivity index (χ0v) is 25.4. The second-order valence-corrected chi connectivity index (χ2v) is 12.4. The van der Waals surface area contributed by atoms with Crippen LogP contribution in [0.15, 0.2) is 102 Å². The van der Waals surface area contributed by atoms with Gasteiger partial charge in [0, 0.05) is 31.2 Å². The molecule has 0 fully saturated rings. The average molecular weight is 611 g/mol. The van der Waals surface area contributed by atoms with E-state index < -0.39 is 10.0 Å². The predicted molar refractivity (Wildman–Crippen MR) is 170 cm³/mol. The predicted octanol–water partition coefficient (Wildman–Crippen LogP) is 6.14. The lowest BCUT2D eigenvalue weighted by Gasteiger charge is -2.25. The summed E-state index contributed by atoms with van der Waals surface area (Å²) in [6, 6.07) is 23.9. The lowest BCUT2D eigenvalue weighted by molar-refractivity contribution is 0.393. The van der Waals surface area contributed by atoms with Crippen LogP contribution in [-0.2, 0) is 23.1 Å². The van der Waals surface area contributed by atoms with Crippen LogP contribution >= 0.6 is 0 Å². The topological polar surface area (TPSA) is 106 Å². The number of pyridine rings is 1. The summed E-state index contributed by atoms with van der Waals surface area (Å²) >= 11 is 0. The molecule has 2 aromatic heterocycles. The van der Waals surface area contributed by atoms with Gasteiger partial charge in [0.05, 0.1) is 20.4 Å². The van der Waals surface area contributed by atoms with E-state index in [0.29, 0.717) is 17.2 Å². The molecule has 6 rings (SSSR count). The molecule has 1 aliphatic rings.